The highest BCUT2D eigenvalue weighted by atomic mass is 32.2. The number of hydrogen-bond acceptors (Lipinski definition) is 7. The zero-order valence-corrected chi connectivity index (χ0v) is 15.4. The van der Waals surface area contributed by atoms with Gasteiger partial charge in [0.15, 0.2) is 0 Å². The van der Waals surface area contributed by atoms with Crippen LogP contribution in [0.1, 0.15) is 5.56 Å². The van der Waals surface area contributed by atoms with Crippen molar-refractivity contribution in [3.8, 4) is 6.01 Å². The second kappa shape index (κ2) is 7.73. The highest BCUT2D eigenvalue weighted by Crippen LogP contribution is 2.25. The number of aromatic nitrogens is 2. The number of anilines is 1. The number of halogens is 1. The van der Waals surface area contributed by atoms with Gasteiger partial charge >= 0.3 is 11.8 Å². The van der Waals surface area contributed by atoms with E-state index >= 15 is 0 Å². The van der Waals surface area contributed by atoms with Crippen LogP contribution in [0.4, 0.5) is 15.9 Å². The topological polar surface area (TPSA) is 82.7 Å². The normalized spacial score (nSPS) is 19.4. The van der Waals surface area contributed by atoms with Gasteiger partial charge in [-0.3, -0.25) is 4.57 Å². The van der Waals surface area contributed by atoms with E-state index in [9.17, 15) is 14.5 Å². The first kappa shape index (κ1) is 18.1. The lowest BCUT2D eigenvalue weighted by molar-refractivity contribution is -0.389. The number of ether oxygens (including phenoxy) is 2. The zero-order valence-electron chi connectivity index (χ0n) is 14.5. The number of fused-ring (bicyclic) bond motifs is 1. The molecular formula is C17H19FN4O4S. The van der Waals surface area contributed by atoms with Gasteiger partial charge in [0, 0.05) is 29.6 Å². The second-order valence-electron chi connectivity index (χ2n) is 6.42. The van der Waals surface area contributed by atoms with Gasteiger partial charge in [-0.15, -0.1) is 0 Å². The molecular weight excluding hydrogens is 375 g/mol. The summed E-state index contributed by atoms with van der Waals surface area (Å²) in [6, 6.07) is 5.40. The van der Waals surface area contributed by atoms with Crippen LogP contribution in [-0.2, 0) is 17.9 Å². The van der Waals surface area contributed by atoms with E-state index in [2.05, 4.69) is 9.88 Å². The molecule has 0 bridgehead atoms. The maximum absolute atomic E-state index is 14.5. The van der Waals surface area contributed by atoms with Gasteiger partial charge in [-0.2, -0.15) is 11.8 Å². The van der Waals surface area contributed by atoms with Gasteiger partial charge in [0.25, 0.3) is 0 Å². The standard InChI is InChI=1S/C17H19FN4O4S/c18-14-7-12(1-2-15(14)20-3-5-27-6-4-20)10-25-13-8-21-9-16(22(23)24)19-17(21)26-11-13/h1-2,7,9,13H,3-6,8,10-11H2/t13-/m0/s1. The van der Waals surface area contributed by atoms with Crippen LogP contribution in [0.2, 0.25) is 0 Å². The number of benzene rings is 1. The van der Waals surface area contributed by atoms with Gasteiger partial charge in [-0.25, -0.2) is 4.39 Å². The third kappa shape index (κ3) is 4.01. The Morgan fingerprint density at radius 1 is 1.41 bits per heavy atom. The predicted octanol–water partition coefficient (Wildman–Crippen LogP) is 2.46. The van der Waals surface area contributed by atoms with Gasteiger partial charge in [0.1, 0.15) is 24.7 Å². The third-order valence-electron chi connectivity index (χ3n) is 4.56. The van der Waals surface area contributed by atoms with E-state index in [0.717, 1.165) is 30.2 Å². The Kier molecular flexibility index (Phi) is 5.17. The smallest absolute Gasteiger partial charge is 0.414 e. The average molecular weight is 394 g/mol. The van der Waals surface area contributed by atoms with Crippen LogP contribution < -0.4 is 9.64 Å². The van der Waals surface area contributed by atoms with E-state index < -0.39 is 4.92 Å². The third-order valence-corrected chi connectivity index (χ3v) is 5.50. The van der Waals surface area contributed by atoms with Crippen molar-refractivity contribution in [2.75, 3.05) is 36.1 Å². The Hall–Kier alpha value is -2.33. The summed E-state index contributed by atoms with van der Waals surface area (Å²) in [5, 5.41) is 10.8. The molecule has 2 aromatic rings. The highest BCUT2D eigenvalue weighted by Gasteiger charge is 2.28. The second-order valence-corrected chi connectivity index (χ2v) is 7.65. The molecule has 0 radical (unpaired) electrons. The lowest BCUT2D eigenvalue weighted by Crippen LogP contribution is -2.33. The summed E-state index contributed by atoms with van der Waals surface area (Å²) >= 11 is 1.88. The molecule has 144 valence electrons. The van der Waals surface area contributed by atoms with Crippen LogP contribution in [-0.4, -0.2) is 51.8 Å². The van der Waals surface area contributed by atoms with Crippen molar-refractivity contribution in [2.24, 2.45) is 0 Å². The van der Waals surface area contributed by atoms with E-state index in [-0.39, 0.29) is 37.0 Å². The molecule has 4 rings (SSSR count). The largest absolute Gasteiger partial charge is 0.443 e. The van der Waals surface area contributed by atoms with Gasteiger partial charge < -0.3 is 24.5 Å². The van der Waals surface area contributed by atoms with Crippen molar-refractivity contribution in [3.63, 3.8) is 0 Å². The maximum atomic E-state index is 14.5. The molecule has 1 saturated heterocycles. The van der Waals surface area contributed by atoms with Crippen molar-refractivity contribution in [3.05, 3.63) is 45.9 Å². The van der Waals surface area contributed by atoms with Crippen LogP contribution in [0, 0.1) is 15.9 Å². The fourth-order valence-corrected chi connectivity index (χ4v) is 4.08. The van der Waals surface area contributed by atoms with E-state index in [1.54, 1.807) is 10.6 Å². The number of imidazole rings is 1. The lowest BCUT2D eigenvalue weighted by atomic mass is 10.2. The van der Waals surface area contributed by atoms with Crippen molar-refractivity contribution < 1.29 is 18.8 Å². The summed E-state index contributed by atoms with van der Waals surface area (Å²) in [5.41, 5.74) is 1.38. The number of nitro groups is 1. The Labute approximate surface area is 159 Å². The van der Waals surface area contributed by atoms with Gasteiger partial charge in [0.2, 0.25) is 0 Å². The zero-order chi connectivity index (χ0) is 18.8. The summed E-state index contributed by atoms with van der Waals surface area (Å²) in [6.45, 7) is 2.61. The fraction of sp³-hybridized carbons (Fsp3) is 0.471. The van der Waals surface area contributed by atoms with Crippen molar-refractivity contribution in [2.45, 2.75) is 19.3 Å². The SMILES string of the molecule is O=[N+]([O-])c1cn2c(n1)OC[C@@H](OCc1ccc(N3CCSCC3)c(F)c1)C2. The van der Waals surface area contributed by atoms with Crippen LogP contribution in [0.25, 0.3) is 0 Å². The van der Waals surface area contributed by atoms with Crippen LogP contribution in [0.5, 0.6) is 6.01 Å². The lowest BCUT2D eigenvalue weighted by Gasteiger charge is -2.29. The molecule has 8 nitrogen and oxygen atoms in total. The molecule has 10 heteroatoms. The molecule has 0 spiro atoms. The van der Waals surface area contributed by atoms with Crippen molar-refractivity contribution in [1.29, 1.82) is 0 Å². The first-order chi connectivity index (χ1) is 13.1. The summed E-state index contributed by atoms with van der Waals surface area (Å²) in [7, 11) is 0. The van der Waals surface area contributed by atoms with E-state index in [4.69, 9.17) is 9.47 Å². The summed E-state index contributed by atoms with van der Waals surface area (Å²) in [5.74, 6) is 1.54. The molecule has 27 heavy (non-hydrogen) atoms. The molecule has 3 heterocycles. The van der Waals surface area contributed by atoms with E-state index in [1.807, 2.05) is 17.8 Å². The maximum Gasteiger partial charge on any atom is 0.414 e. The fourth-order valence-electron chi connectivity index (χ4n) is 3.18. The predicted molar refractivity (Wildman–Crippen MR) is 98.9 cm³/mol. The summed E-state index contributed by atoms with van der Waals surface area (Å²) < 4.78 is 27.3. The number of nitrogens with zero attached hydrogens (tertiary/aromatic N) is 4. The Bertz CT molecular complexity index is 840. The number of hydrogen-bond donors (Lipinski definition) is 0. The quantitative estimate of drug-likeness (QED) is 0.569. The molecule has 1 fully saturated rings. The van der Waals surface area contributed by atoms with Crippen molar-refractivity contribution in [1.82, 2.24) is 9.55 Å². The molecule has 0 amide bonds. The molecule has 0 aliphatic carbocycles. The summed E-state index contributed by atoms with van der Waals surface area (Å²) in [4.78, 5) is 16.1. The monoisotopic (exact) mass is 394 g/mol. The van der Waals surface area contributed by atoms with Crippen LogP contribution in [0.3, 0.4) is 0 Å². The molecule has 0 unspecified atom stereocenters. The Balaban J connectivity index is 1.36. The van der Waals surface area contributed by atoms with Gasteiger partial charge in [-0.05, 0) is 22.6 Å². The molecule has 1 aromatic heterocycles. The van der Waals surface area contributed by atoms with Crippen LogP contribution >= 0.6 is 11.8 Å². The minimum absolute atomic E-state index is 0.219. The Morgan fingerprint density at radius 3 is 2.96 bits per heavy atom. The van der Waals surface area contributed by atoms with Crippen LogP contribution in [0.15, 0.2) is 24.4 Å². The molecule has 1 atom stereocenters. The molecule has 1 aromatic carbocycles. The van der Waals surface area contributed by atoms with Crippen molar-refractivity contribution >= 4 is 23.3 Å². The molecule has 2 aliphatic heterocycles. The first-order valence-corrected chi connectivity index (χ1v) is 9.83. The minimum atomic E-state index is -0.560. The van der Waals surface area contributed by atoms with Gasteiger partial charge in [-0.1, -0.05) is 6.07 Å². The number of thioether (sulfide) groups is 1. The molecule has 0 N–H and O–H groups in total. The minimum Gasteiger partial charge on any atom is -0.443 e. The highest BCUT2D eigenvalue weighted by molar-refractivity contribution is 7.99. The summed E-state index contributed by atoms with van der Waals surface area (Å²) in [6.07, 6.45) is 1.05. The van der Waals surface area contributed by atoms with Gasteiger partial charge in [0.05, 0.1) is 18.8 Å². The molecule has 2 aliphatic rings. The number of rotatable bonds is 5. The first-order valence-electron chi connectivity index (χ1n) is 8.67. The van der Waals surface area contributed by atoms with E-state index in [0.29, 0.717) is 12.2 Å². The van der Waals surface area contributed by atoms with E-state index in [1.165, 1.54) is 12.3 Å². The average Bonchev–Trinajstić information content (AvgIpc) is 3.11. The molecule has 0 saturated carbocycles. The Morgan fingerprint density at radius 2 is 2.22 bits per heavy atom.